The van der Waals surface area contributed by atoms with Gasteiger partial charge < -0.3 is 5.11 Å². The van der Waals surface area contributed by atoms with Crippen molar-refractivity contribution in [2.45, 2.75) is 26.5 Å². The van der Waals surface area contributed by atoms with E-state index in [1.807, 2.05) is 20.9 Å². The fraction of sp³-hybridized carbons (Fsp3) is 0.455. The SMILES string of the molecule is CCn1ncc(Cl)c1C(O)c1cn(C)nc1C. The fourth-order valence-electron chi connectivity index (χ4n) is 1.93. The van der Waals surface area contributed by atoms with Crippen molar-refractivity contribution in [3.63, 3.8) is 0 Å². The maximum Gasteiger partial charge on any atom is 0.125 e. The number of aliphatic hydroxyl groups excluding tert-OH is 1. The zero-order valence-electron chi connectivity index (χ0n) is 10.1. The quantitative estimate of drug-likeness (QED) is 0.907. The van der Waals surface area contributed by atoms with Crippen LogP contribution >= 0.6 is 11.6 Å². The van der Waals surface area contributed by atoms with Gasteiger partial charge in [0.1, 0.15) is 6.10 Å². The Labute approximate surface area is 105 Å². The van der Waals surface area contributed by atoms with Gasteiger partial charge in [0.25, 0.3) is 0 Å². The van der Waals surface area contributed by atoms with Crippen LogP contribution in [0.25, 0.3) is 0 Å². The second-order valence-corrected chi connectivity index (χ2v) is 4.35. The van der Waals surface area contributed by atoms with Crippen molar-refractivity contribution in [1.29, 1.82) is 0 Å². The number of hydrogen-bond donors (Lipinski definition) is 1. The van der Waals surface area contributed by atoms with Crippen molar-refractivity contribution in [1.82, 2.24) is 19.6 Å². The van der Waals surface area contributed by atoms with Crippen molar-refractivity contribution in [2.75, 3.05) is 0 Å². The van der Waals surface area contributed by atoms with Gasteiger partial charge in [-0.3, -0.25) is 9.36 Å². The molecule has 0 amide bonds. The maximum absolute atomic E-state index is 10.4. The molecule has 0 spiro atoms. The van der Waals surface area contributed by atoms with Crippen molar-refractivity contribution in [3.05, 3.63) is 34.4 Å². The summed E-state index contributed by atoms with van der Waals surface area (Å²) < 4.78 is 3.37. The predicted octanol–water partition coefficient (Wildman–Crippen LogP) is 1.68. The second-order valence-electron chi connectivity index (χ2n) is 3.94. The highest BCUT2D eigenvalue weighted by molar-refractivity contribution is 6.31. The highest BCUT2D eigenvalue weighted by atomic mass is 35.5. The van der Waals surface area contributed by atoms with Gasteiger partial charge >= 0.3 is 0 Å². The third kappa shape index (κ3) is 2.08. The molecule has 0 aromatic carbocycles. The molecule has 0 fully saturated rings. The molecule has 1 N–H and O–H groups in total. The van der Waals surface area contributed by atoms with E-state index in [0.717, 1.165) is 11.3 Å². The van der Waals surface area contributed by atoms with Crippen LogP contribution in [0.15, 0.2) is 12.4 Å². The van der Waals surface area contributed by atoms with Crippen LogP contribution in [-0.2, 0) is 13.6 Å². The molecule has 0 saturated carbocycles. The van der Waals surface area contributed by atoms with E-state index in [1.54, 1.807) is 21.8 Å². The topological polar surface area (TPSA) is 55.9 Å². The first-order chi connectivity index (χ1) is 8.04. The van der Waals surface area contributed by atoms with Crippen molar-refractivity contribution < 1.29 is 5.11 Å². The van der Waals surface area contributed by atoms with Crippen LogP contribution < -0.4 is 0 Å². The number of aryl methyl sites for hydroxylation is 3. The smallest absolute Gasteiger partial charge is 0.125 e. The molecule has 1 unspecified atom stereocenters. The summed E-state index contributed by atoms with van der Waals surface area (Å²) in [5, 5.41) is 19.2. The number of halogens is 1. The van der Waals surface area contributed by atoms with Gasteiger partial charge in [0.05, 0.1) is 22.6 Å². The van der Waals surface area contributed by atoms with Crippen molar-refractivity contribution in [2.24, 2.45) is 7.05 Å². The number of aromatic nitrogens is 4. The lowest BCUT2D eigenvalue weighted by Gasteiger charge is -2.12. The Morgan fingerprint density at radius 1 is 1.53 bits per heavy atom. The normalized spacial score (nSPS) is 13.0. The molecular formula is C11H15ClN4O. The number of hydrogen-bond acceptors (Lipinski definition) is 3. The molecule has 0 aliphatic rings. The Bertz CT molecular complexity index is 532. The first kappa shape index (κ1) is 12.1. The number of nitrogens with zero attached hydrogens (tertiary/aromatic N) is 4. The van der Waals surface area contributed by atoms with E-state index in [4.69, 9.17) is 11.6 Å². The zero-order valence-corrected chi connectivity index (χ0v) is 10.8. The Hall–Kier alpha value is -1.33. The summed E-state index contributed by atoms with van der Waals surface area (Å²) in [6, 6.07) is 0. The molecule has 1 atom stereocenters. The van der Waals surface area contributed by atoms with E-state index in [9.17, 15) is 5.11 Å². The fourth-order valence-corrected chi connectivity index (χ4v) is 2.17. The highest BCUT2D eigenvalue weighted by Gasteiger charge is 2.22. The van der Waals surface area contributed by atoms with E-state index in [2.05, 4.69) is 10.2 Å². The highest BCUT2D eigenvalue weighted by Crippen LogP contribution is 2.29. The van der Waals surface area contributed by atoms with Crippen molar-refractivity contribution in [3.8, 4) is 0 Å². The lowest BCUT2D eigenvalue weighted by molar-refractivity contribution is 0.207. The van der Waals surface area contributed by atoms with Gasteiger partial charge in [-0.1, -0.05) is 11.6 Å². The number of aliphatic hydroxyl groups is 1. The van der Waals surface area contributed by atoms with Gasteiger partial charge in [-0.25, -0.2) is 0 Å². The molecule has 2 aromatic heterocycles. The Morgan fingerprint density at radius 2 is 2.24 bits per heavy atom. The molecule has 0 bridgehead atoms. The third-order valence-electron chi connectivity index (χ3n) is 2.74. The van der Waals surface area contributed by atoms with E-state index >= 15 is 0 Å². The molecule has 6 heteroatoms. The van der Waals surface area contributed by atoms with Crippen LogP contribution in [0.4, 0.5) is 0 Å². The lowest BCUT2D eigenvalue weighted by Crippen LogP contribution is -2.10. The molecule has 92 valence electrons. The molecular weight excluding hydrogens is 240 g/mol. The first-order valence-corrected chi connectivity index (χ1v) is 5.81. The van der Waals surface area contributed by atoms with Crippen LogP contribution in [0.3, 0.4) is 0 Å². The van der Waals surface area contributed by atoms with Gasteiger partial charge in [0.15, 0.2) is 0 Å². The summed E-state index contributed by atoms with van der Waals surface area (Å²) in [4.78, 5) is 0. The van der Waals surface area contributed by atoms with Gasteiger partial charge in [-0.2, -0.15) is 10.2 Å². The maximum atomic E-state index is 10.4. The van der Waals surface area contributed by atoms with E-state index in [-0.39, 0.29) is 0 Å². The predicted molar refractivity (Wildman–Crippen MR) is 64.9 cm³/mol. The summed E-state index contributed by atoms with van der Waals surface area (Å²) in [6.45, 7) is 4.48. The van der Waals surface area contributed by atoms with Crippen LogP contribution in [0, 0.1) is 6.92 Å². The first-order valence-electron chi connectivity index (χ1n) is 5.44. The summed E-state index contributed by atoms with van der Waals surface area (Å²) in [5.74, 6) is 0. The minimum atomic E-state index is -0.793. The minimum absolute atomic E-state index is 0.475. The number of rotatable bonds is 3. The Balaban J connectivity index is 2.46. The molecule has 0 saturated heterocycles. The van der Waals surface area contributed by atoms with Crippen LogP contribution in [0.1, 0.15) is 30.0 Å². The minimum Gasteiger partial charge on any atom is -0.382 e. The molecule has 2 rings (SSSR count). The molecule has 5 nitrogen and oxygen atoms in total. The van der Waals surface area contributed by atoms with Gasteiger partial charge in [0.2, 0.25) is 0 Å². The summed E-state index contributed by atoms with van der Waals surface area (Å²) in [5.41, 5.74) is 2.16. The molecule has 17 heavy (non-hydrogen) atoms. The Kier molecular flexibility index (Phi) is 3.22. The Morgan fingerprint density at radius 3 is 2.76 bits per heavy atom. The third-order valence-corrected chi connectivity index (χ3v) is 3.03. The molecule has 0 aliphatic carbocycles. The van der Waals surface area contributed by atoms with Gasteiger partial charge in [0, 0.05) is 25.4 Å². The zero-order chi connectivity index (χ0) is 12.6. The molecule has 0 radical (unpaired) electrons. The molecule has 0 aliphatic heterocycles. The van der Waals surface area contributed by atoms with Crippen LogP contribution in [0.2, 0.25) is 5.02 Å². The summed E-state index contributed by atoms with van der Waals surface area (Å²) >= 11 is 6.06. The van der Waals surface area contributed by atoms with E-state index in [1.165, 1.54) is 0 Å². The van der Waals surface area contributed by atoms with Gasteiger partial charge in [-0.05, 0) is 13.8 Å². The summed E-state index contributed by atoms with van der Waals surface area (Å²) in [6.07, 6.45) is 2.55. The average molecular weight is 255 g/mol. The monoisotopic (exact) mass is 254 g/mol. The van der Waals surface area contributed by atoms with Crippen LogP contribution in [0.5, 0.6) is 0 Å². The standard InChI is InChI=1S/C11H15ClN4O/c1-4-16-10(9(12)5-13-16)11(17)8-6-15(3)14-7(8)2/h5-6,11,17H,4H2,1-3H3. The van der Waals surface area contributed by atoms with E-state index < -0.39 is 6.10 Å². The molecule has 2 aromatic rings. The van der Waals surface area contributed by atoms with E-state index in [0.29, 0.717) is 17.3 Å². The lowest BCUT2D eigenvalue weighted by atomic mass is 10.1. The molecule has 2 heterocycles. The second kappa shape index (κ2) is 4.50. The van der Waals surface area contributed by atoms with Gasteiger partial charge in [-0.15, -0.1) is 0 Å². The van der Waals surface area contributed by atoms with Crippen LogP contribution in [-0.4, -0.2) is 24.7 Å². The summed E-state index contributed by atoms with van der Waals surface area (Å²) in [7, 11) is 1.82. The average Bonchev–Trinajstić information content (AvgIpc) is 2.80. The largest absolute Gasteiger partial charge is 0.382 e. The van der Waals surface area contributed by atoms with Crippen molar-refractivity contribution >= 4 is 11.6 Å².